The van der Waals surface area contributed by atoms with E-state index in [0.717, 1.165) is 12.1 Å². The number of aryl methyl sites for hydroxylation is 2. The Labute approximate surface area is 160 Å². The third-order valence-corrected chi connectivity index (χ3v) is 5.27. The van der Waals surface area contributed by atoms with Gasteiger partial charge in [-0.05, 0) is 32.9 Å². The maximum absolute atomic E-state index is 13.6. The molecule has 0 saturated carbocycles. The molecule has 0 spiro atoms. The molecule has 1 amide bonds. The molecule has 0 aliphatic rings. The van der Waals surface area contributed by atoms with Crippen LogP contribution in [0.25, 0.3) is 0 Å². The van der Waals surface area contributed by atoms with E-state index in [1.165, 1.54) is 13.8 Å². The van der Waals surface area contributed by atoms with Gasteiger partial charge in [0.1, 0.15) is 22.1 Å². The summed E-state index contributed by atoms with van der Waals surface area (Å²) in [5.41, 5.74) is 0.0375. The molecule has 2 aromatic rings. The van der Waals surface area contributed by atoms with Gasteiger partial charge in [0.15, 0.2) is 0 Å². The number of aromatic nitrogens is 1. The quantitative estimate of drug-likeness (QED) is 0.598. The van der Waals surface area contributed by atoms with Gasteiger partial charge in [0.2, 0.25) is 15.9 Å². The molecule has 0 unspecified atom stereocenters. The van der Waals surface area contributed by atoms with Crippen molar-refractivity contribution in [2.45, 2.75) is 25.7 Å². The summed E-state index contributed by atoms with van der Waals surface area (Å²) in [6.07, 6.45) is 0. The second-order valence-electron chi connectivity index (χ2n) is 5.80. The van der Waals surface area contributed by atoms with Crippen molar-refractivity contribution < 1.29 is 31.5 Å². The lowest BCUT2D eigenvalue weighted by atomic mass is 10.2. The predicted octanol–water partition coefficient (Wildman–Crippen LogP) is 2.00. The van der Waals surface area contributed by atoms with Gasteiger partial charge in [0.05, 0.1) is 18.8 Å². The molecule has 152 valence electrons. The van der Waals surface area contributed by atoms with Gasteiger partial charge in [-0.25, -0.2) is 26.7 Å². The van der Waals surface area contributed by atoms with Crippen molar-refractivity contribution in [2.24, 2.45) is 0 Å². The molecular weight excluding hydrogens is 396 g/mol. The molecule has 0 aliphatic carbocycles. The molecule has 0 radical (unpaired) electrons. The number of halogens is 2. The topological polar surface area (TPSA) is 117 Å². The molecule has 0 aliphatic heterocycles. The van der Waals surface area contributed by atoms with E-state index >= 15 is 0 Å². The van der Waals surface area contributed by atoms with Gasteiger partial charge in [-0.2, -0.15) is 0 Å². The highest BCUT2D eigenvalue weighted by atomic mass is 32.2. The zero-order valence-corrected chi connectivity index (χ0v) is 16.2. The van der Waals surface area contributed by atoms with Crippen molar-refractivity contribution in [3.63, 3.8) is 0 Å². The second-order valence-corrected chi connectivity index (χ2v) is 7.50. The fourth-order valence-corrected chi connectivity index (χ4v) is 3.99. The minimum Gasteiger partial charge on any atom is -0.462 e. The zero-order valence-electron chi connectivity index (χ0n) is 15.4. The molecule has 11 heteroatoms. The fourth-order valence-electron chi connectivity index (χ4n) is 2.56. The van der Waals surface area contributed by atoms with Gasteiger partial charge in [0, 0.05) is 17.5 Å². The normalized spacial score (nSPS) is 11.3. The highest BCUT2D eigenvalue weighted by Gasteiger charge is 2.30. The first-order chi connectivity index (χ1) is 13.1. The highest BCUT2D eigenvalue weighted by molar-refractivity contribution is 7.89. The number of ether oxygens (including phenoxy) is 1. The third kappa shape index (κ3) is 4.73. The molecule has 3 N–H and O–H groups in total. The summed E-state index contributed by atoms with van der Waals surface area (Å²) in [4.78, 5) is 26.5. The Morgan fingerprint density at radius 2 is 1.86 bits per heavy atom. The van der Waals surface area contributed by atoms with Gasteiger partial charge in [0.25, 0.3) is 0 Å². The molecule has 28 heavy (non-hydrogen) atoms. The summed E-state index contributed by atoms with van der Waals surface area (Å²) >= 11 is 0. The van der Waals surface area contributed by atoms with Crippen molar-refractivity contribution >= 4 is 27.6 Å². The van der Waals surface area contributed by atoms with Gasteiger partial charge in [-0.15, -0.1) is 0 Å². The minimum absolute atomic E-state index is 0.0566. The number of carbonyl (C=O) groups excluding carboxylic acids is 2. The van der Waals surface area contributed by atoms with Gasteiger partial charge < -0.3 is 15.0 Å². The second kappa shape index (κ2) is 8.48. The predicted molar refractivity (Wildman–Crippen MR) is 96.4 cm³/mol. The van der Waals surface area contributed by atoms with Crippen LogP contribution in [0.5, 0.6) is 0 Å². The summed E-state index contributed by atoms with van der Waals surface area (Å²) in [5.74, 6) is -3.52. The molecule has 1 aromatic carbocycles. The van der Waals surface area contributed by atoms with Crippen LogP contribution >= 0.6 is 0 Å². The van der Waals surface area contributed by atoms with Crippen molar-refractivity contribution in [1.29, 1.82) is 0 Å². The number of sulfonamides is 1. The van der Waals surface area contributed by atoms with Crippen LogP contribution in [0.15, 0.2) is 23.1 Å². The molecule has 1 heterocycles. The van der Waals surface area contributed by atoms with Crippen molar-refractivity contribution in [2.75, 3.05) is 18.5 Å². The Morgan fingerprint density at radius 3 is 2.46 bits per heavy atom. The lowest BCUT2D eigenvalue weighted by molar-refractivity contribution is -0.115. The summed E-state index contributed by atoms with van der Waals surface area (Å²) in [6, 6.07) is 2.54. The molecule has 1 aromatic heterocycles. The largest absolute Gasteiger partial charge is 0.462 e. The number of hydrogen-bond acceptors (Lipinski definition) is 5. The summed E-state index contributed by atoms with van der Waals surface area (Å²) in [6.45, 7) is 3.88. The average molecular weight is 415 g/mol. The number of benzene rings is 1. The fraction of sp³-hybridized carbons (Fsp3) is 0.294. The van der Waals surface area contributed by atoms with Crippen molar-refractivity contribution in [1.82, 2.24) is 9.71 Å². The molecule has 2 rings (SSSR count). The van der Waals surface area contributed by atoms with Gasteiger partial charge >= 0.3 is 5.97 Å². The number of esters is 1. The molecule has 0 atom stereocenters. The molecule has 0 fully saturated rings. The Morgan fingerprint density at radius 1 is 1.18 bits per heavy atom. The number of aromatic amines is 1. The standard InChI is InChI=1S/C17H19F2N3O5S/c1-4-27-17(24)15-9(2)21-10(3)16(15)28(25,26)20-8-14(23)22-13-6-5-11(18)7-12(13)19/h5-7,20-21H,4,8H2,1-3H3,(H,22,23). The SMILES string of the molecule is CCOC(=O)c1c(C)[nH]c(C)c1S(=O)(=O)NCC(=O)Nc1ccc(F)cc1F. The van der Waals surface area contributed by atoms with Crippen LogP contribution in [-0.4, -0.2) is 38.4 Å². The number of amides is 1. The summed E-state index contributed by atoms with van der Waals surface area (Å²) in [5, 5.41) is 2.13. The van der Waals surface area contributed by atoms with Crippen LogP contribution in [-0.2, 0) is 19.6 Å². The summed E-state index contributed by atoms with van der Waals surface area (Å²) < 4.78 is 58.6. The Hall–Kier alpha value is -2.79. The van der Waals surface area contributed by atoms with Gasteiger partial charge in [-0.1, -0.05) is 0 Å². The number of carbonyl (C=O) groups is 2. The van der Waals surface area contributed by atoms with Crippen LogP contribution in [0.4, 0.5) is 14.5 Å². The van der Waals surface area contributed by atoms with E-state index in [-0.39, 0.29) is 28.4 Å². The van der Waals surface area contributed by atoms with E-state index in [4.69, 9.17) is 4.74 Å². The molecule has 0 bridgehead atoms. The van der Waals surface area contributed by atoms with Crippen LogP contribution in [0.3, 0.4) is 0 Å². The Kier molecular flexibility index (Phi) is 6.52. The van der Waals surface area contributed by atoms with E-state index in [9.17, 15) is 26.8 Å². The monoisotopic (exact) mass is 415 g/mol. The van der Waals surface area contributed by atoms with E-state index in [1.54, 1.807) is 6.92 Å². The molecule has 0 saturated heterocycles. The first kappa shape index (κ1) is 21.5. The number of H-pyrrole nitrogens is 1. The Balaban J connectivity index is 2.18. The Bertz CT molecular complexity index is 1020. The van der Waals surface area contributed by atoms with E-state index < -0.39 is 40.1 Å². The average Bonchev–Trinajstić information content (AvgIpc) is 2.91. The number of nitrogens with one attached hydrogen (secondary N) is 3. The minimum atomic E-state index is -4.26. The van der Waals surface area contributed by atoms with Crippen LogP contribution in [0.1, 0.15) is 28.7 Å². The number of rotatable bonds is 7. The molecular formula is C17H19F2N3O5S. The van der Waals surface area contributed by atoms with E-state index in [1.807, 2.05) is 0 Å². The first-order valence-electron chi connectivity index (χ1n) is 8.17. The van der Waals surface area contributed by atoms with Crippen molar-refractivity contribution in [3.05, 3.63) is 46.8 Å². The highest BCUT2D eigenvalue weighted by Crippen LogP contribution is 2.24. The van der Waals surface area contributed by atoms with Crippen LogP contribution in [0.2, 0.25) is 0 Å². The first-order valence-corrected chi connectivity index (χ1v) is 9.66. The zero-order chi connectivity index (χ0) is 21.1. The van der Waals surface area contributed by atoms with Crippen molar-refractivity contribution in [3.8, 4) is 0 Å². The summed E-state index contributed by atoms with van der Waals surface area (Å²) in [7, 11) is -4.26. The molecule has 8 nitrogen and oxygen atoms in total. The van der Waals surface area contributed by atoms with Gasteiger partial charge in [-0.3, -0.25) is 4.79 Å². The van der Waals surface area contributed by atoms with Crippen LogP contribution in [0, 0.1) is 25.5 Å². The number of hydrogen-bond donors (Lipinski definition) is 3. The maximum atomic E-state index is 13.6. The van der Waals surface area contributed by atoms with Crippen LogP contribution < -0.4 is 10.0 Å². The lowest BCUT2D eigenvalue weighted by Crippen LogP contribution is -2.34. The third-order valence-electron chi connectivity index (χ3n) is 3.69. The van der Waals surface area contributed by atoms with E-state index in [2.05, 4.69) is 15.0 Å². The maximum Gasteiger partial charge on any atom is 0.341 e. The smallest absolute Gasteiger partial charge is 0.341 e. The lowest BCUT2D eigenvalue weighted by Gasteiger charge is -2.10. The number of anilines is 1. The van der Waals surface area contributed by atoms with E-state index in [0.29, 0.717) is 11.8 Å².